The van der Waals surface area contributed by atoms with Crippen LogP contribution >= 0.6 is 23.4 Å². The topological polar surface area (TPSA) is 114 Å². The third-order valence-corrected chi connectivity index (χ3v) is 7.07. The number of methoxy groups -OCH3 is 1. The summed E-state index contributed by atoms with van der Waals surface area (Å²) in [6, 6.07) is 7.05. The summed E-state index contributed by atoms with van der Waals surface area (Å²) >= 11 is 7.54. The van der Waals surface area contributed by atoms with Crippen molar-refractivity contribution >= 4 is 57.7 Å². The highest BCUT2D eigenvalue weighted by Gasteiger charge is 2.35. The maximum Gasteiger partial charge on any atom is 0.227 e. The van der Waals surface area contributed by atoms with Crippen molar-refractivity contribution in [3.05, 3.63) is 35.5 Å². The summed E-state index contributed by atoms with van der Waals surface area (Å²) in [7, 11) is 1.66. The quantitative estimate of drug-likeness (QED) is 0.208. The highest BCUT2D eigenvalue weighted by atomic mass is 35.5. The molecule has 1 aliphatic heterocycles. The summed E-state index contributed by atoms with van der Waals surface area (Å²) in [6.45, 7) is 4.46. The fraction of sp³-hybridized carbons (Fsp3) is 0.458. The summed E-state index contributed by atoms with van der Waals surface area (Å²) in [6.07, 6.45) is 2.93. The molecule has 0 spiro atoms. The second-order valence-corrected chi connectivity index (χ2v) is 9.90. The number of halogens is 1. The van der Waals surface area contributed by atoms with Crippen LogP contribution in [-0.4, -0.2) is 70.7 Å². The first-order chi connectivity index (χ1) is 17.5. The molecule has 1 fully saturated rings. The number of hydrogen-bond acceptors (Lipinski definition) is 8. The van der Waals surface area contributed by atoms with E-state index in [0.29, 0.717) is 48.6 Å². The molecule has 4 rings (SSSR count). The van der Waals surface area contributed by atoms with Crippen LogP contribution in [0.2, 0.25) is 5.02 Å². The zero-order valence-electron chi connectivity index (χ0n) is 20.4. The molecule has 3 aromatic rings. The molecule has 2 N–H and O–H groups in total. The van der Waals surface area contributed by atoms with Crippen molar-refractivity contribution in [1.82, 2.24) is 25.1 Å². The van der Waals surface area contributed by atoms with Crippen LogP contribution in [0.1, 0.15) is 19.8 Å². The number of ether oxygens (including phenoxy) is 1. The Morgan fingerprint density at radius 1 is 1.25 bits per heavy atom. The normalized spacial score (nSPS) is 15.6. The molecule has 1 saturated heterocycles. The monoisotopic (exact) mass is 531 g/mol. The molecule has 0 aliphatic carbocycles. The minimum Gasteiger partial charge on any atom is -0.383 e. The number of amides is 2. The van der Waals surface area contributed by atoms with Crippen LogP contribution in [0.25, 0.3) is 11.0 Å². The van der Waals surface area contributed by atoms with E-state index < -0.39 is 5.92 Å². The summed E-state index contributed by atoms with van der Waals surface area (Å²) in [5.74, 6) is 1.02. The van der Waals surface area contributed by atoms with Gasteiger partial charge in [0, 0.05) is 49.6 Å². The van der Waals surface area contributed by atoms with E-state index in [1.807, 2.05) is 0 Å². The Hall–Kier alpha value is -2.89. The van der Waals surface area contributed by atoms with Crippen molar-refractivity contribution in [1.29, 1.82) is 0 Å². The zero-order chi connectivity index (χ0) is 25.5. The lowest BCUT2D eigenvalue weighted by Gasteiger charge is -2.16. The summed E-state index contributed by atoms with van der Waals surface area (Å²) in [5.41, 5.74) is 1.46. The number of benzene rings is 1. The first-order valence-corrected chi connectivity index (χ1v) is 13.3. The fourth-order valence-corrected chi connectivity index (χ4v) is 4.77. The summed E-state index contributed by atoms with van der Waals surface area (Å²) in [5, 5.41) is 12.8. The third-order valence-electron chi connectivity index (χ3n) is 5.77. The van der Waals surface area contributed by atoms with E-state index in [4.69, 9.17) is 21.3 Å². The predicted molar refractivity (Wildman–Crippen MR) is 142 cm³/mol. The molecule has 12 heteroatoms. The standard InChI is InChI=1S/C24H30ClN7O3S/c1-3-12-36-24-29-21(26-9-11-35-2)19-14-28-32(22(19)30-24)10-8-27-23(34)16-13-20(33)31(15-16)18-6-4-17(25)5-7-18/h4-7,14,16H,3,8-13,15H2,1-2H3,(H,27,34)(H,26,29,30). The van der Waals surface area contributed by atoms with Gasteiger partial charge < -0.3 is 20.3 Å². The maximum absolute atomic E-state index is 12.8. The number of thioether (sulfide) groups is 1. The molecule has 1 atom stereocenters. The minimum absolute atomic E-state index is 0.0714. The number of nitrogens with one attached hydrogen (secondary N) is 2. The van der Waals surface area contributed by atoms with Crippen molar-refractivity contribution in [2.75, 3.05) is 49.3 Å². The van der Waals surface area contributed by atoms with Gasteiger partial charge in [-0.15, -0.1) is 0 Å². The number of carbonyl (C=O) groups is 2. The molecule has 2 amide bonds. The molecule has 2 aromatic heterocycles. The molecule has 10 nitrogen and oxygen atoms in total. The highest BCUT2D eigenvalue weighted by molar-refractivity contribution is 7.99. The molecule has 1 aliphatic rings. The van der Waals surface area contributed by atoms with Crippen LogP contribution in [0.15, 0.2) is 35.6 Å². The van der Waals surface area contributed by atoms with Gasteiger partial charge in [0.1, 0.15) is 5.82 Å². The van der Waals surface area contributed by atoms with Gasteiger partial charge >= 0.3 is 0 Å². The van der Waals surface area contributed by atoms with E-state index >= 15 is 0 Å². The molecule has 192 valence electrons. The van der Waals surface area contributed by atoms with E-state index in [9.17, 15) is 9.59 Å². The Bertz CT molecular complexity index is 1200. The van der Waals surface area contributed by atoms with Gasteiger partial charge in [0.2, 0.25) is 11.8 Å². The Balaban J connectivity index is 1.38. The largest absolute Gasteiger partial charge is 0.383 e. The van der Waals surface area contributed by atoms with Crippen LogP contribution in [0.4, 0.5) is 11.5 Å². The average Bonchev–Trinajstić information content (AvgIpc) is 3.47. The van der Waals surface area contributed by atoms with E-state index in [1.165, 1.54) is 0 Å². The maximum atomic E-state index is 12.8. The van der Waals surface area contributed by atoms with E-state index in [-0.39, 0.29) is 18.2 Å². The zero-order valence-corrected chi connectivity index (χ0v) is 21.9. The number of rotatable bonds is 12. The van der Waals surface area contributed by atoms with Crippen molar-refractivity contribution in [3.63, 3.8) is 0 Å². The van der Waals surface area contributed by atoms with Gasteiger partial charge in [-0.1, -0.05) is 30.3 Å². The van der Waals surface area contributed by atoms with Gasteiger partial charge in [0.25, 0.3) is 0 Å². The van der Waals surface area contributed by atoms with Gasteiger partial charge in [0.15, 0.2) is 10.8 Å². The average molecular weight is 532 g/mol. The van der Waals surface area contributed by atoms with Crippen molar-refractivity contribution in [3.8, 4) is 0 Å². The number of hydrogen-bond donors (Lipinski definition) is 2. The second-order valence-electron chi connectivity index (χ2n) is 8.40. The lowest BCUT2D eigenvalue weighted by Crippen LogP contribution is -2.35. The second kappa shape index (κ2) is 12.4. The van der Waals surface area contributed by atoms with Crippen LogP contribution in [0.3, 0.4) is 0 Å². The first-order valence-electron chi connectivity index (χ1n) is 11.9. The van der Waals surface area contributed by atoms with Crippen molar-refractivity contribution < 1.29 is 14.3 Å². The highest BCUT2D eigenvalue weighted by Crippen LogP contribution is 2.27. The van der Waals surface area contributed by atoms with Gasteiger partial charge in [-0.2, -0.15) is 5.10 Å². The number of fused-ring (bicyclic) bond motifs is 1. The van der Waals surface area contributed by atoms with Crippen LogP contribution in [0, 0.1) is 5.92 Å². The smallest absolute Gasteiger partial charge is 0.227 e. The predicted octanol–water partition coefficient (Wildman–Crippen LogP) is 3.21. The van der Waals surface area contributed by atoms with Crippen molar-refractivity contribution in [2.24, 2.45) is 5.92 Å². The van der Waals surface area contributed by atoms with Gasteiger partial charge in [-0.3, -0.25) is 9.59 Å². The number of aromatic nitrogens is 4. The lowest BCUT2D eigenvalue weighted by molar-refractivity contribution is -0.126. The number of anilines is 2. The fourth-order valence-electron chi connectivity index (χ4n) is 3.95. The SMILES string of the molecule is CCCSc1nc(NCCOC)c2cnn(CCNC(=O)C3CC(=O)N(c4ccc(Cl)cc4)C3)c2n1. The first kappa shape index (κ1) is 26.2. The Labute approximate surface area is 219 Å². The number of nitrogens with zero attached hydrogens (tertiary/aromatic N) is 5. The van der Waals surface area contributed by atoms with E-state index in [0.717, 1.165) is 29.1 Å². The Kier molecular flexibility index (Phi) is 9.00. The van der Waals surface area contributed by atoms with Crippen molar-refractivity contribution in [2.45, 2.75) is 31.5 Å². The summed E-state index contributed by atoms with van der Waals surface area (Å²) in [4.78, 5) is 36.3. The molecular formula is C24H30ClN7O3S. The molecule has 0 bridgehead atoms. The van der Waals surface area contributed by atoms with Gasteiger partial charge in [-0.25, -0.2) is 14.6 Å². The molecule has 1 aromatic carbocycles. The summed E-state index contributed by atoms with van der Waals surface area (Å²) < 4.78 is 6.91. The van der Waals surface area contributed by atoms with Gasteiger partial charge in [-0.05, 0) is 30.7 Å². The molecule has 36 heavy (non-hydrogen) atoms. The van der Waals surface area contributed by atoms with Crippen LogP contribution in [-0.2, 0) is 20.9 Å². The lowest BCUT2D eigenvalue weighted by atomic mass is 10.1. The third kappa shape index (κ3) is 6.26. The molecule has 0 radical (unpaired) electrons. The minimum atomic E-state index is -0.404. The molecule has 3 heterocycles. The molecule has 0 saturated carbocycles. The van der Waals surface area contributed by atoms with E-state index in [2.05, 4.69) is 27.6 Å². The Morgan fingerprint density at radius 3 is 2.81 bits per heavy atom. The van der Waals surface area contributed by atoms with Crippen LogP contribution < -0.4 is 15.5 Å². The van der Waals surface area contributed by atoms with E-state index in [1.54, 1.807) is 58.9 Å². The van der Waals surface area contributed by atoms with Gasteiger partial charge in [0.05, 0.1) is 30.7 Å². The Morgan fingerprint density at radius 2 is 2.06 bits per heavy atom. The number of carbonyl (C=O) groups excluding carboxylic acids is 2. The van der Waals surface area contributed by atoms with Crippen LogP contribution in [0.5, 0.6) is 0 Å². The molecular weight excluding hydrogens is 502 g/mol. The molecule has 1 unspecified atom stereocenters.